The lowest BCUT2D eigenvalue weighted by Gasteiger charge is -2.36. The van der Waals surface area contributed by atoms with Crippen LogP contribution in [0, 0.1) is 6.92 Å². The first-order chi connectivity index (χ1) is 11.0. The molecule has 0 fully saturated rings. The van der Waals surface area contributed by atoms with Crippen LogP contribution in [-0.2, 0) is 4.74 Å². The summed E-state index contributed by atoms with van der Waals surface area (Å²) in [6.07, 6.45) is 1.68. The maximum Gasteiger partial charge on any atom is 0.360 e. The van der Waals surface area contributed by atoms with Gasteiger partial charge in [0.2, 0.25) is 5.75 Å². The Balaban J connectivity index is 2.76. The summed E-state index contributed by atoms with van der Waals surface area (Å²) < 4.78 is 12.3. The minimum atomic E-state index is -2.33. The lowest BCUT2D eigenvalue weighted by atomic mass is 10.2. The number of fused-ring (bicyclic) bond motifs is 1. The van der Waals surface area contributed by atoms with Crippen molar-refractivity contribution < 1.29 is 14.0 Å². The molecule has 24 heavy (non-hydrogen) atoms. The van der Waals surface area contributed by atoms with E-state index in [9.17, 15) is 9.59 Å². The molecule has 2 rings (SSSR count). The number of carbonyl (C=O) groups is 1. The van der Waals surface area contributed by atoms with Gasteiger partial charge in [0.1, 0.15) is 5.65 Å². The molecule has 0 unspecified atom stereocenters. The molecule has 2 heterocycles. The molecule has 0 N–H and O–H groups in total. The minimum Gasteiger partial charge on any atom is -0.538 e. The third-order valence-electron chi connectivity index (χ3n) is 4.47. The molecule has 130 valence electrons. The van der Waals surface area contributed by atoms with Crippen LogP contribution in [0.25, 0.3) is 5.65 Å². The van der Waals surface area contributed by atoms with E-state index in [0.717, 1.165) is 5.56 Å². The zero-order valence-corrected chi connectivity index (χ0v) is 16.3. The molecule has 6 nitrogen and oxygen atoms in total. The quantitative estimate of drug-likeness (QED) is 0.629. The zero-order chi connectivity index (χ0) is 18.3. The van der Waals surface area contributed by atoms with Crippen LogP contribution in [-0.4, -0.2) is 30.8 Å². The third-order valence-corrected chi connectivity index (χ3v) is 8.80. The molecular formula is C17H24N2O4Si. The Morgan fingerprint density at radius 1 is 1.25 bits per heavy atom. The van der Waals surface area contributed by atoms with Crippen molar-refractivity contribution in [3.8, 4) is 5.75 Å². The van der Waals surface area contributed by atoms with E-state index in [0.29, 0.717) is 5.65 Å². The molecule has 2 aromatic rings. The molecule has 0 radical (unpaired) electrons. The number of esters is 1. The van der Waals surface area contributed by atoms with Gasteiger partial charge in [-0.15, -0.1) is 0 Å². The Hall–Kier alpha value is -2.15. The Bertz CT molecular complexity index is 850. The van der Waals surface area contributed by atoms with E-state index in [1.165, 1.54) is 11.5 Å². The highest BCUT2D eigenvalue weighted by atomic mass is 28.4. The summed E-state index contributed by atoms with van der Waals surface area (Å²) in [7, 11) is -1.07. The van der Waals surface area contributed by atoms with Crippen LogP contribution < -0.4 is 9.99 Å². The van der Waals surface area contributed by atoms with E-state index in [-0.39, 0.29) is 16.5 Å². The van der Waals surface area contributed by atoms with Gasteiger partial charge in [0.15, 0.2) is 5.69 Å². The zero-order valence-electron chi connectivity index (χ0n) is 15.3. The van der Waals surface area contributed by atoms with E-state index in [2.05, 4.69) is 25.8 Å². The summed E-state index contributed by atoms with van der Waals surface area (Å²) >= 11 is 0. The van der Waals surface area contributed by atoms with Crippen molar-refractivity contribution in [1.82, 2.24) is 9.38 Å². The van der Waals surface area contributed by atoms with Crippen LogP contribution >= 0.6 is 0 Å². The topological polar surface area (TPSA) is 69.9 Å². The van der Waals surface area contributed by atoms with Crippen molar-refractivity contribution in [2.24, 2.45) is 0 Å². The Morgan fingerprint density at radius 2 is 1.88 bits per heavy atom. The number of hydrogen-bond acceptors (Lipinski definition) is 5. The predicted octanol–water partition coefficient (Wildman–Crippen LogP) is 3.17. The maximum absolute atomic E-state index is 12.9. The van der Waals surface area contributed by atoms with Gasteiger partial charge in [0.05, 0.1) is 7.11 Å². The first-order valence-electron chi connectivity index (χ1n) is 7.78. The van der Waals surface area contributed by atoms with Crippen LogP contribution in [0.3, 0.4) is 0 Å². The fourth-order valence-electron chi connectivity index (χ4n) is 1.96. The smallest absolute Gasteiger partial charge is 0.360 e. The molecule has 0 spiro atoms. The summed E-state index contributed by atoms with van der Waals surface area (Å²) in [5, 5.41) is -0.126. The number of ether oxygens (including phenoxy) is 1. The molecule has 0 aromatic carbocycles. The molecule has 0 aliphatic carbocycles. The predicted molar refractivity (Wildman–Crippen MR) is 95.4 cm³/mol. The first-order valence-corrected chi connectivity index (χ1v) is 10.7. The van der Waals surface area contributed by atoms with Gasteiger partial charge in [-0.1, -0.05) is 26.8 Å². The van der Waals surface area contributed by atoms with E-state index >= 15 is 0 Å². The Kier molecular flexibility index (Phi) is 4.58. The fraction of sp³-hybridized carbons (Fsp3) is 0.471. The van der Waals surface area contributed by atoms with Crippen LogP contribution in [0.5, 0.6) is 5.75 Å². The van der Waals surface area contributed by atoms with E-state index in [1.807, 2.05) is 26.1 Å². The van der Waals surface area contributed by atoms with E-state index < -0.39 is 19.8 Å². The van der Waals surface area contributed by atoms with Gasteiger partial charge in [-0.05, 0) is 36.7 Å². The van der Waals surface area contributed by atoms with Crippen LogP contribution in [0.15, 0.2) is 23.1 Å². The van der Waals surface area contributed by atoms with Gasteiger partial charge in [0.25, 0.3) is 13.9 Å². The number of hydrogen-bond donors (Lipinski definition) is 0. The molecule has 2 aromatic heterocycles. The SMILES string of the molecule is COC(=O)c1nc2ccc(C)cn2c(=O)c1O[Si](C)(C)C(C)(C)C. The summed E-state index contributed by atoms with van der Waals surface area (Å²) in [5.74, 6) is -0.708. The highest BCUT2D eigenvalue weighted by molar-refractivity contribution is 6.74. The highest BCUT2D eigenvalue weighted by Crippen LogP contribution is 2.37. The number of methoxy groups -OCH3 is 1. The number of aromatic nitrogens is 2. The maximum atomic E-state index is 12.9. The van der Waals surface area contributed by atoms with E-state index in [4.69, 9.17) is 9.16 Å². The average molecular weight is 348 g/mol. The minimum absolute atomic E-state index is 0.0310. The highest BCUT2D eigenvalue weighted by Gasteiger charge is 2.41. The second kappa shape index (κ2) is 6.05. The largest absolute Gasteiger partial charge is 0.538 e. The Labute approximate surface area is 142 Å². The van der Waals surface area contributed by atoms with Crippen molar-refractivity contribution in [2.45, 2.75) is 45.8 Å². The first kappa shape index (κ1) is 18.2. The van der Waals surface area contributed by atoms with Crippen molar-refractivity contribution >= 4 is 19.9 Å². The van der Waals surface area contributed by atoms with Crippen molar-refractivity contribution in [3.05, 3.63) is 39.9 Å². The molecule has 0 atom stereocenters. The summed E-state index contributed by atoms with van der Waals surface area (Å²) in [6, 6.07) is 3.52. The second-order valence-corrected chi connectivity index (χ2v) is 12.1. The normalized spacial score (nSPS) is 12.3. The van der Waals surface area contributed by atoms with Gasteiger partial charge in [-0.2, -0.15) is 0 Å². The molecule has 0 saturated heterocycles. The molecule has 0 amide bonds. The number of pyridine rings is 1. The fourth-order valence-corrected chi connectivity index (χ4v) is 2.96. The van der Waals surface area contributed by atoms with Gasteiger partial charge in [-0.3, -0.25) is 9.20 Å². The molecule has 0 bridgehead atoms. The lowest BCUT2D eigenvalue weighted by molar-refractivity contribution is 0.0591. The molecule has 0 saturated carbocycles. The molecular weight excluding hydrogens is 324 g/mol. The van der Waals surface area contributed by atoms with Crippen molar-refractivity contribution in [3.63, 3.8) is 0 Å². The molecule has 7 heteroatoms. The van der Waals surface area contributed by atoms with Crippen molar-refractivity contribution in [2.75, 3.05) is 7.11 Å². The second-order valence-electron chi connectivity index (χ2n) is 7.38. The van der Waals surface area contributed by atoms with Crippen molar-refractivity contribution in [1.29, 1.82) is 0 Å². The summed E-state index contributed by atoms with van der Waals surface area (Å²) in [6.45, 7) is 12.1. The standard InChI is InChI=1S/C17H24N2O4Si/c1-11-8-9-12-18-13(16(21)22-5)14(15(20)19(12)10-11)23-24(6,7)17(2,3)4/h8-10H,1-7H3. The number of aryl methyl sites for hydroxylation is 1. The summed E-state index contributed by atoms with van der Waals surface area (Å²) in [4.78, 5) is 29.4. The van der Waals surface area contributed by atoms with Gasteiger partial charge in [-0.25, -0.2) is 9.78 Å². The van der Waals surface area contributed by atoms with Gasteiger partial charge < -0.3 is 9.16 Å². The van der Waals surface area contributed by atoms with Crippen LogP contribution in [0.2, 0.25) is 18.1 Å². The third kappa shape index (κ3) is 3.21. The van der Waals surface area contributed by atoms with Crippen LogP contribution in [0.1, 0.15) is 36.8 Å². The lowest BCUT2D eigenvalue weighted by Crippen LogP contribution is -2.46. The monoisotopic (exact) mass is 348 g/mol. The Morgan fingerprint density at radius 3 is 2.42 bits per heavy atom. The number of nitrogens with zero attached hydrogens (tertiary/aromatic N) is 2. The molecule has 0 aliphatic rings. The summed E-state index contributed by atoms with van der Waals surface area (Å²) in [5.41, 5.74) is 0.828. The average Bonchev–Trinajstić information content (AvgIpc) is 2.48. The van der Waals surface area contributed by atoms with Gasteiger partial charge >= 0.3 is 5.97 Å². The number of rotatable bonds is 3. The van der Waals surface area contributed by atoms with E-state index in [1.54, 1.807) is 12.3 Å². The molecule has 0 aliphatic heterocycles. The number of carbonyl (C=O) groups excluding carboxylic acids is 1. The van der Waals surface area contributed by atoms with Gasteiger partial charge in [0, 0.05) is 6.20 Å². The van der Waals surface area contributed by atoms with Crippen LogP contribution in [0.4, 0.5) is 0 Å².